The first-order chi connectivity index (χ1) is 14.9. The molecule has 0 bridgehead atoms. The second-order valence-corrected chi connectivity index (χ2v) is 12.3. The fourth-order valence-corrected chi connectivity index (χ4v) is 7.70. The highest BCUT2D eigenvalue weighted by atomic mass is 32.2. The van der Waals surface area contributed by atoms with E-state index in [2.05, 4.69) is 28.5 Å². The van der Waals surface area contributed by atoms with Gasteiger partial charge in [0.2, 0.25) is 0 Å². The number of thiophene rings is 1. The average molecular weight is 466 g/mol. The Hall–Kier alpha value is -1.33. The minimum atomic E-state index is -2.85. The molecule has 0 N–H and O–H groups in total. The van der Waals surface area contributed by atoms with Crippen molar-refractivity contribution in [1.29, 1.82) is 0 Å². The largest absolute Gasteiger partial charge is 0.379 e. The van der Waals surface area contributed by atoms with Crippen LogP contribution in [0.15, 0.2) is 0 Å². The molecule has 170 valence electrons. The molecular formula is C21H31N5O3S2. The van der Waals surface area contributed by atoms with Gasteiger partial charge in [0.05, 0.1) is 36.7 Å². The van der Waals surface area contributed by atoms with Crippen molar-refractivity contribution in [1.82, 2.24) is 19.8 Å². The van der Waals surface area contributed by atoms with E-state index >= 15 is 0 Å². The summed E-state index contributed by atoms with van der Waals surface area (Å²) in [4.78, 5) is 19.5. The maximum atomic E-state index is 11.9. The molecule has 3 fully saturated rings. The van der Waals surface area contributed by atoms with E-state index in [-0.39, 0.29) is 6.04 Å². The molecule has 5 heterocycles. The van der Waals surface area contributed by atoms with Crippen LogP contribution in [0.3, 0.4) is 0 Å². The van der Waals surface area contributed by atoms with Crippen molar-refractivity contribution in [3.05, 3.63) is 16.3 Å². The third-order valence-electron chi connectivity index (χ3n) is 6.86. The molecule has 3 aliphatic heterocycles. The van der Waals surface area contributed by atoms with E-state index in [0.717, 1.165) is 81.9 Å². The SMILES string of the molecule is Cc1sc2nc(CN3CCOCC3)nc(N3CCN(C4CCS(=O)(=O)C4)CC3)c2c1C. The van der Waals surface area contributed by atoms with Gasteiger partial charge in [0.1, 0.15) is 16.5 Å². The van der Waals surface area contributed by atoms with E-state index in [9.17, 15) is 8.42 Å². The number of aromatic nitrogens is 2. The van der Waals surface area contributed by atoms with Crippen molar-refractivity contribution in [2.75, 3.05) is 68.9 Å². The molecule has 31 heavy (non-hydrogen) atoms. The molecule has 2 aromatic rings. The molecule has 0 saturated carbocycles. The minimum absolute atomic E-state index is 0.180. The first-order valence-electron chi connectivity index (χ1n) is 11.2. The van der Waals surface area contributed by atoms with Gasteiger partial charge in [0, 0.05) is 50.2 Å². The van der Waals surface area contributed by atoms with Crippen LogP contribution in [-0.2, 0) is 21.1 Å². The lowest BCUT2D eigenvalue weighted by atomic mass is 10.1. The molecular weight excluding hydrogens is 434 g/mol. The Bertz CT molecular complexity index is 1060. The lowest BCUT2D eigenvalue weighted by molar-refractivity contribution is 0.0331. The van der Waals surface area contributed by atoms with Crippen molar-refractivity contribution in [3.8, 4) is 0 Å². The Morgan fingerprint density at radius 2 is 1.81 bits per heavy atom. The summed E-state index contributed by atoms with van der Waals surface area (Å²) in [6, 6.07) is 0.180. The second-order valence-electron chi connectivity index (χ2n) is 8.90. The molecule has 1 atom stereocenters. The normalized spacial score (nSPS) is 25.5. The number of piperazine rings is 1. The van der Waals surface area contributed by atoms with E-state index in [1.807, 2.05) is 0 Å². The van der Waals surface area contributed by atoms with Crippen molar-refractivity contribution in [2.24, 2.45) is 0 Å². The van der Waals surface area contributed by atoms with Crippen LogP contribution in [0.1, 0.15) is 22.7 Å². The molecule has 0 radical (unpaired) electrons. The third-order valence-corrected chi connectivity index (χ3v) is 9.71. The number of morpholine rings is 1. The summed E-state index contributed by atoms with van der Waals surface area (Å²) in [6.07, 6.45) is 0.770. The van der Waals surface area contributed by atoms with E-state index in [4.69, 9.17) is 14.7 Å². The van der Waals surface area contributed by atoms with Crippen LogP contribution in [0.5, 0.6) is 0 Å². The summed E-state index contributed by atoms with van der Waals surface area (Å²) in [7, 11) is -2.85. The van der Waals surface area contributed by atoms with Gasteiger partial charge in [-0.1, -0.05) is 0 Å². The van der Waals surface area contributed by atoms with Gasteiger partial charge < -0.3 is 9.64 Å². The highest BCUT2D eigenvalue weighted by molar-refractivity contribution is 7.91. The van der Waals surface area contributed by atoms with Crippen molar-refractivity contribution in [2.45, 2.75) is 32.9 Å². The van der Waals surface area contributed by atoms with Crippen molar-refractivity contribution >= 4 is 37.2 Å². The van der Waals surface area contributed by atoms with Crippen LogP contribution < -0.4 is 4.90 Å². The monoisotopic (exact) mass is 465 g/mol. The van der Waals surface area contributed by atoms with Crippen LogP contribution in [-0.4, -0.2) is 98.2 Å². The highest BCUT2D eigenvalue weighted by Crippen LogP contribution is 2.35. The molecule has 10 heteroatoms. The zero-order valence-corrected chi connectivity index (χ0v) is 20.0. The van der Waals surface area contributed by atoms with Gasteiger partial charge in [-0.2, -0.15) is 0 Å². The summed E-state index contributed by atoms with van der Waals surface area (Å²) >= 11 is 1.76. The fraction of sp³-hybridized carbons (Fsp3) is 0.714. The summed E-state index contributed by atoms with van der Waals surface area (Å²) < 4.78 is 29.3. The zero-order chi connectivity index (χ0) is 21.6. The van der Waals surface area contributed by atoms with E-state index in [0.29, 0.717) is 11.5 Å². The highest BCUT2D eigenvalue weighted by Gasteiger charge is 2.34. The number of sulfone groups is 1. The van der Waals surface area contributed by atoms with E-state index in [1.165, 1.54) is 15.8 Å². The fourth-order valence-electron chi connectivity index (χ4n) is 4.89. The van der Waals surface area contributed by atoms with Gasteiger partial charge in [-0.05, 0) is 25.8 Å². The summed E-state index contributed by atoms with van der Waals surface area (Å²) in [5.74, 6) is 2.59. The van der Waals surface area contributed by atoms with Gasteiger partial charge in [0.15, 0.2) is 9.84 Å². The maximum Gasteiger partial charge on any atom is 0.151 e. The van der Waals surface area contributed by atoms with Crippen LogP contribution in [0.25, 0.3) is 10.2 Å². The molecule has 0 amide bonds. The number of hydrogen-bond donors (Lipinski definition) is 0. The number of rotatable bonds is 4. The number of fused-ring (bicyclic) bond motifs is 1. The summed E-state index contributed by atoms with van der Waals surface area (Å²) in [5.41, 5.74) is 1.28. The van der Waals surface area contributed by atoms with Crippen molar-refractivity contribution < 1.29 is 13.2 Å². The summed E-state index contributed by atoms with van der Waals surface area (Å²) in [5, 5.41) is 1.19. The minimum Gasteiger partial charge on any atom is -0.379 e. The van der Waals surface area contributed by atoms with Gasteiger partial charge in [0.25, 0.3) is 0 Å². The molecule has 8 nitrogen and oxygen atoms in total. The maximum absolute atomic E-state index is 11.9. The summed E-state index contributed by atoms with van der Waals surface area (Å²) in [6.45, 7) is 12.0. The molecule has 5 rings (SSSR count). The molecule has 0 spiro atoms. The Labute approximate surface area is 188 Å². The molecule has 0 aromatic carbocycles. The number of aryl methyl sites for hydroxylation is 2. The smallest absolute Gasteiger partial charge is 0.151 e. The van der Waals surface area contributed by atoms with E-state index in [1.54, 1.807) is 11.3 Å². The predicted octanol–water partition coefficient (Wildman–Crippen LogP) is 1.45. The standard InChI is InChI=1S/C21H31N5O3S2/c1-15-16(2)30-21-19(15)20(22-18(23-21)13-24-8-10-29-11-9-24)26-6-4-25(5-7-26)17-3-12-31(27,28)14-17/h17H,3-14H2,1-2H3. The Kier molecular flexibility index (Phi) is 5.93. The zero-order valence-electron chi connectivity index (χ0n) is 18.3. The van der Waals surface area contributed by atoms with E-state index < -0.39 is 9.84 Å². The van der Waals surface area contributed by atoms with Gasteiger partial charge in [-0.15, -0.1) is 11.3 Å². The quantitative estimate of drug-likeness (QED) is 0.671. The second kappa shape index (κ2) is 8.55. The Morgan fingerprint density at radius 1 is 1.06 bits per heavy atom. The lowest BCUT2D eigenvalue weighted by Crippen LogP contribution is -2.51. The number of hydrogen-bond acceptors (Lipinski definition) is 9. The topological polar surface area (TPSA) is 78.9 Å². The van der Waals surface area contributed by atoms with Gasteiger partial charge in [-0.25, -0.2) is 18.4 Å². The molecule has 3 aliphatic rings. The molecule has 1 unspecified atom stereocenters. The van der Waals surface area contributed by atoms with Gasteiger partial charge >= 0.3 is 0 Å². The predicted molar refractivity (Wildman–Crippen MR) is 124 cm³/mol. The van der Waals surface area contributed by atoms with Crippen LogP contribution >= 0.6 is 11.3 Å². The molecule has 3 saturated heterocycles. The van der Waals surface area contributed by atoms with Crippen LogP contribution in [0.4, 0.5) is 5.82 Å². The Morgan fingerprint density at radius 3 is 2.48 bits per heavy atom. The number of ether oxygens (including phenoxy) is 1. The first-order valence-corrected chi connectivity index (χ1v) is 13.8. The Balaban J connectivity index is 1.38. The first kappa shape index (κ1) is 21.5. The van der Waals surface area contributed by atoms with Crippen LogP contribution in [0.2, 0.25) is 0 Å². The van der Waals surface area contributed by atoms with Gasteiger partial charge in [-0.3, -0.25) is 9.80 Å². The van der Waals surface area contributed by atoms with Crippen molar-refractivity contribution in [3.63, 3.8) is 0 Å². The average Bonchev–Trinajstić information content (AvgIpc) is 3.27. The van der Waals surface area contributed by atoms with Crippen LogP contribution in [0, 0.1) is 13.8 Å². The molecule has 0 aliphatic carbocycles. The molecule has 2 aromatic heterocycles. The number of anilines is 1. The lowest BCUT2D eigenvalue weighted by Gasteiger charge is -2.38. The number of nitrogens with zero attached hydrogens (tertiary/aromatic N) is 5. The third kappa shape index (κ3) is 4.45.